The zero-order valence-electron chi connectivity index (χ0n) is 18.6. The van der Waals surface area contributed by atoms with Crippen LogP contribution in [0.2, 0.25) is 6.25 Å². The molecule has 160 valence electrons. The van der Waals surface area contributed by atoms with Crippen LogP contribution in [0.4, 0.5) is 0 Å². The Morgan fingerprint density at radius 3 is 1.10 bits per heavy atom. The average Bonchev–Trinajstić information content (AvgIpc) is 3.41. The molecule has 0 fully saturated rings. The Morgan fingerprint density at radius 2 is 0.806 bits per heavy atom. The summed E-state index contributed by atoms with van der Waals surface area (Å²) >= 11 is -1.08. The van der Waals surface area contributed by atoms with E-state index in [1.807, 2.05) is 0 Å². The zero-order chi connectivity index (χ0) is 20.6. The van der Waals surface area contributed by atoms with Crippen LogP contribution in [0.25, 0.3) is 0 Å². The molecule has 0 amide bonds. The first-order chi connectivity index (χ1) is 13.8. The van der Waals surface area contributed by atoms with Crippen LogP contribution in [-0.2, 0) is 34.1 Å². The fraction of sp³-hybridized carbons (Fsp3) is 0.286. The Labute approximate surface area is 212 Å². The van der Waals surface area contributed by atoms with Gasteiger partial charge in [0.15, 0.2) is 0 Å². The first-order valence-corrected chi connectivity index (χ1v) is 12.9. The standard InChI is InChI=1S/2C14H15.2ClH.Zr/c2*1-14(2,13-10-6-7-11-13)12-8-4-3-5-9-12;;;/h2*3-11H,1-2H3;2*1H;/q;;;;+2/p-2. The third-order valence-electron chi connectivity index (χ3n) is 7.13. The van der Waals surface area contributed by atoms with E-state index in [4.69, 9.17) is 0 Å². The molecule has 0 heterocycles. The number of halogens is 2. The molecule has 0 radical (unpaired) electrons. The molecule has 0 nitrogen and oxygen atoms in total. The predicted molar refractivity (Wildman–Crippen MR) is 121 cm³/mol. The quantitative estimate of drug-likeness (QED) is 0.535. The van der Waals surface area contributed by atoms with Crippen LogP contribution < -0.4 is 24.8 Å². The monoisotopic (exact) mass is 526 g/mol. The summed E-state index contributed by atoms with van der Waals surface area (Å²) in [7, 11) is 0. The Balaban J connectivity index is 0.00000171. The molecular formula is C28H30Cl2Zr. The molecule has 3 heteroatoms. The van der Waals surface area contributed by atoms with Crippen molar-refractivity contribution in [3.05, 3.63) is 120 Å². The predicted octanol–water partition coefficient (Wildman–Crippen LogP) is 1.60. The molecule has 0 atom stereocenters. The second-order valence-electron chi connectivity index (χ2n) is 9.28. The average molecular weight is 529 g/mol. The van der Waals surface area contributed by atoms with Crippen LogP contribution >= 0.6 is 0 Å². The van der Waals surface area contributed by atoms with Gasteiger partial charge in [-0.05, 0) is 0 Å². The Bertz CT molecular complexity index is 877. The first-order valence-electron chi connectivity index (χ1n) is 10.5. The van der Waals surface area contributed by atoms with Gasteiger partial charge in [-0.15, -0.1) is 0 Å². The van der Waals surface area contributed by atoms with Gasteiger partial charge in [0.05, 0.1) is 0 Å². The minimum Gasteiger partial charge on any atom is -1.00 e. The number of rotatable bonds is 6. The van der Waals surface area contributed by atoms with E-state index in [2.05, 4.69) is 137 Å². The summed E-state index contributed by atoms with van der Waals surface area (Å²) < 4.78 is 0.228. The Hall–Kier alpha value is -1.14. The molecular weight excluding hydrogens is 498 g/mol. The van der Waals surface area contributed by atoms with Crippen molar-refractivity contribution in [3.8, 4) is 0 Å². The van der Waals surface area contributed by atoms with Gasteiger partial charge in [-0.3, -0.25) is 0 Å². The van der Waals surface area contributed by atoms with Crippen molar-refractivity contribution >= 4 is 0 Å². The van der Waals surface area contributed by atoms with Crippen molar-refractivity contribution in [1.82, 2.24) is 0 Å². The maximum Gasteiger partial charge on any atom is -1.00 e. The van der Waals surface area contributed by atoms with E-state index < -0.39 is 23.2 Å². The van der Waals surface area contributed by atoms with Crippen molar-refractivity contribution < 1.29 is 48.0 Å². The fourth-order valence-electron chi connectivity index (χ4n) is 4.78. The van der Waals surface area contributed by atoms with Crippen LogP contribution in [0.15, 0.2) is 109 Å². The van der Waals surface area contributed by atoms with Gasteiger partial charge in [-0.2, -0.15) is 0 Å². The van der Waals surface area contributed by atoms with Crippen molar-refractivity contribution in [2.24, 2.45) is 0 Å². The van der Waals surface area contributed by atoms with Crippen LogP contribution in [0.1, 0.15) is 38.8 Å². The summed E-state index contributed by atoms with van der Waals surface area (Å²) in [5.41, 5.74) is 2.95. The fourth-order valence-corrected chi connectivity index (χ4v) is 10.5. The van der Waals surface area contributed by atoms with Gasteiger partial charge in [0.2, 0.25) is 0 Å². The first kappa shape index (κ1) is 26.1. The number of benzene rings is 2. The zero-order valence-corrected chi connectivity index (χ0v) is 22.6. The molecule has 0 saturated heterocycles. The van der Waals surface area contributed by atoms with E-state index in [9.17, 15) is 0 Å². The summed E-state index contributed by atoms with van der Waals surface area (Å²) in [6.45, 7) is 9.76. The third kappa shape index (κ3) is 4.39. The van der Waals surface area contributed by atoms with E-state index >= 15 is 0 Å². The number of hydrogen-bond donors (Lipinski definition) is 0. The van der Waals surface area contributed by atoms with Crippen LogP contribution in [0, 0.1) is 0 Å². The summed E-state index contributed by atoms with van der Waals surface area (Å²) in [6, 6.07) is 22.2. The van der Waals surface area contributed by atoms with Gasteiger partial charge in [0.1, 0.15) is 0 Å². The van der Waals surface area contributed by atoms with Crippen LogP contribution in [0.3, 0.4) is 0 Å². The number of allylic oxidation sites excluding steroid dienone is 8. The van der Waals surface area contributed by atoms with E-state index in [1.54, 1.807) is 0 Å². The minimum atomic E-state index is -1.08. The largest absolute Gasteiger partial charge is 1.00 e. The maximum absolute atomic E-state index is 2.51. The third-order valence-corrected chi connectivity index (χ3v) is 13.9. The smallest absolute Gasteiger partial charge is 1.00 e. The van der Waals surface area contributed by atoms with E-state index in [0.717, 1.165) is 0 Å². The van der Waals surface area contributed by atoms with Crippen molar-refractivity contribution in [1.29, 1.82) is 0 Å². The van der Waals surface area contributed by atoms with Gasteiger partial charge in [0, 0.05) is 0 Å². The molecule has 0 N–H and O–H groups in total. The molecule has 31 heavy (non-hydrogen) atoms. The normalized spacial score (nSPS) is 17.7. The molecule has 2 aliphatic rings. The second kappa shape index (κ2) is 9.78. The van der Waals surface area contributed by atoms with Gasteiger partial charge < -0.3 is 24.8 Å². The molecule has 2 aromatic rings. The van der Waals surface area contributed by atoms with Crippen molar-refractivity contribution in [2.45, 2.75) is 44.8 Å². The Morgan fingerprint density at radius 1 is 0.516 bits per heavy atom. The Kier molecular flexibility index (Phi) is 8.24. The SMILES string of the molecule is CC(C)(c1ccccc1)[C]1([Zr+2][C]2(C(C)(C)c3ccccc3)C=CC=C2)C=CC=C1.[Cl-].[Cl-]. The molecule has 4 rings (SSSR count). The topological polar surface area (TPSA) is 0 Å². The summed E-state index contributed by atoms with van der Waals surface area (Å²) in [5.74, 6) is 0. The molecule has 2 aliphatic carbocycles. The molecule has 0 aromatic heterocycles. The summed E-state index contributed by atoms with van der Waals surface area (Å²) in [6.07, 6.45) is 19.1. The minimum absolute atomic E-state index is 0. The van der Waals surface area contributed by atoms with E-state index in [0.29, 0.717) is 0 Å². The van der Waals surface area contributed by atoms with E-state index in [-0.39, 0.29) is 41.9 Å². The summed E-state index contributed by atoms with van der Waals surface area (Å²) in [5, 5.41) is 0. The molecule has 0 bridgehead atoms. The molecule has 2 aromatic carbocycles. The van der Waals surface area contributed by atoms with Gasteiger partial charge in [0.25, 0.3) is 0 Å². The van der Waals surface area contributed by atoms with Crippen molar-refractivity contribution in [3.63, 3.8) is 0 Å². The van der Waals surface area contributed by atoms with Gasteiger partial charge in [-0.1, -0.05) is 0 Å². The molecule has 0 aliphatic heterocycles. The summed E-state index contributed by atoms with van der Waals surface area (Å²) in [4.78, 5) is 0. The van der Waals surface area contributed by atoms with Gasteiger partial charge >= 0.3 is 188 Å². The molecule has 0 spiro atoms. The molecule has 0 unspecified atom stereocenters. The number of hydrogen-bond acceptors (Lipinski definition) is 0. The van der Waals surface area contributed by atoms with Crippen molar-refractivity contribution in [2.75, 3.05) is 0 Å². The van der Waals surface area contributed by atoms with Gasteiger partial charge in [-0.25, -0.2) is 0 Å². The van der Waals surface area contributed by atoms with E-state index in [1.165, 1.54) is 11.1 Å². The maximum atomic E-state index is 2.51. The molecule has 0 saturated carbocycles. The second-order valence-corrected chi connectivity index (χ2v) is 14.0. The van der Waals surface area contributed by atoms with Crippen LogP contribution in [-0.4, -0.2) is 0 Å². The van der Waals surface area contributed by atoms with Crippen LogP contribution in [0.5, 0.6) is 0 Å².